The zero-order valence-electron chi connectivity index (χ0n) is 65.4. The van der Waals surface area contributed by atoms with E-state index in [1.54, 1.807) is 0 Å². The first-order chi connectivity index (χ1) is 50.7. The third kappa shape index (κ3) is 75.7. The van der Waals surface area contributed by atoms with Crippen LogP contribution in [0.3, 0.4) is 0 Å². The summed E-state index contributed by atoms with van der Waals surface area (Å²) in [6.45, 7) is 4.63. The maximum absolute atomic E-state index is 13.1. The largest absolute Gasteiger partial charge is 0.472 e. The molecule has 5 atom stereocenters. The number of esters is 4. The number of rotatable bonds is 76. The van der Waals surface area contributed by atoms with Gasteiger partial charge in [0, 0.05) is 25.7 Å². The van der Waals surface area contributed by atoms with Crippen LogP contribution in [0.1, 0.15) is 336 Å². The SMILES string of the molecule is CCC=CCC=CCC=CCC=CCC=CCC=CCCC(=O)OCC(COP(=O)(O)OCC(O)COP(=O)(O)OCC(COC(=O)CCCCCCCC=CCCCCCCCC)OC(=O)CCCCCCCCCC=CCCCCCC)OC(=O)CCCCCCCC=CCC=CCCCCC. The van der Waals surface area contributed by atoms with Crippen molar-refractivity contribution in [3.05, 3.63) is 122 Å². The number of carbonyl (C=O) groups is 4. The van der Waals surface area contributed by atoms with Crippen molar-refractivity contribution in [1.82, 2.24) is 0 Å². The molecule has 0 aliphatic carbocycles. The molecule has 0 spiro atoms. The summed E-state index contributed by atoms with van der Waals surface area (Å²) >= 11 is 0. The van der Waals surface area contributed by atoms with Gasteiger partial charge in [-0.05, 0) is 148 Å². The quantitative estimate of drug-likeness (QED) is 0.0169. The van der Waals surface area contributed by atoms with Crippen molar-refractivity contribution >= 4 is 39.5 Å². The van der Waals surface area contributed by atoms with Crippen LogP contribution in [-0.4, -0.2) is 96.7 Å². The second kappa shape index (κ2) is 76.6. The zero-order chi connectivity index (χ0) is 76.0. The Morgan fingerprint density at radius 2 is 0.519 bits per heavy atom. The maximum Gasteiger partial charge on any atom is 0.472 e. The standard InChI is InChI=1S/C85H146O17P2/c1-5-9-13-17-21-25-29-33-37-38-39-40-44-46-50-54-58-62-66-70-83(88)96-76-81(102-85(90)72-68-64-60-56-52-48-43-36-32-28-24-20-16-12-8-4)78-100-104(93,94)98-74-79(86)73-97-103(91,92)99-77-80(101-84(89)71-67-63-59-55-51-47-42-35-31-27-23-19-15-11-7-3)75-95-82(87)69-65-61-57-53-49-45-41-34-30-26-22-18-14-10-6-2/h9,13,21,24-25,27-28,31,33-34,36-37,39-41,43,46,50,58,62,79-81,86H,5-8,10-12,14-20,22-23,26,29-30,32,35,38,42,44-45,47-49,51-57,59-61,63-78H2,1-4H3,(H,91,92)(H,93,94). The number of carbonyl (C=O) groups excluding carboxylic acids is 4. The van der Waals surface area contributed by atoms with Crippen LogP contribution in [0.4, 0.5) is 0 Å². The summed E-state index contributed by atoms with van der Waals surface area (Å²) in [6.07, 6.45) is 84.7. The lowest BCUT2D eigenvalue weighted by molar-refractivity contribution is -0.161. The number of ether oxygens (including phenoxy) is 4. The predicted octanol–water partition coefficient (Wildman–Crippen LogP) is 23.9. The highest BCUT2D eigenvalue weighted by molar-refractivity contribution is 7.47. The normalized spacial score (nSPS) is 14.5. The Balaban J connectivity index is 5.44. The number of aliphatic hydroxyl groups excluding tert-OH is 1. The van der Waals surface area contributed by atoms with Crippen LogP contribution in [-0.2, 0) is 65.4 Å². The Bertz CT molecular complexity index is 2440. The lowest BCUT2D eigenvalue weighted by atomic mass is 10.1. The number of aliphatic hydroxyl groups is 1. The van der Waals surface area contributed by atoms with E-state index in [9.17, 15) is 43.2 Å². The average Bonchev–Trinajstić information content (AvgIpc) is 0.918. The van der Waals surface area contributed by atoms with Gasteiger partial charge in [-0.1, -0.05) is 284 Å². The van der Waals surface area contributed by atoms with Gasteiger partial charge in [0.25, 0.3) is 0 Å². The maximum atomic E-state index is 13.1. The van der Waals surface area contributed by atoms with Crippen LogP contribution in [0.2, 0.25) is 0 Å². The molecular weight excluding hydrogens is 1350 g/mol. The van der Waals surface area contributed by atoms with E-state index >= 15 is 0 Å². The highest BCUT2D eigenvalue weighted by Gasteiger charge is 2.30. The molecule has 17 nitrogen and oxygen atoms in total. The summed E-state index contributed by atoms with van der Waals surface area (Å²) in [4.78, 5) is 73.0. The molecule has 0 aromatic carbocycles. The van der Waals surface area contributed by atoms with Crippen LogP contribution in [0.15, 0.2) is 122 Å². The first kappa shape index (κ1) is 99.5. The van der Waals surface area contributed by atoms with E-state index in [0.29, 0.717) is 32.1 Å². The van der Waals surface area contributed by atoms with Crippen molar-refractivity contribution in [3.8, 4) is 0 Å². The number of unbranched alkanes of at least 4 members (excludes halogenated alkanes) is 30. The smallest absolute Gasteiger partial charge is 0.462 e. The van der Waals surface area contributed by atoms with E-state index in [-0.39, 0.29) is 25.7 Å². The molecule has 0 heterocycles. The van der Waals surface area contributed by atoms with Crippen LogP contribution in [0.5, 0.6) is 0 Å². The van der Waals surface area contributed by atoms with E-state index < -0.39 is 97.5 Å². The van der Waals surface area contributed by atoms with Crippen LogP contribution in [0, 0.1) is 0 Å². The molecule has 0 aliphatic heterocycles. The lowest BCUT2D eigenvalue weighted by Crippen LogP contribution is -2.30. The van der Waals surface area contributed by atoms with E-state index in [2.05, 4.69) is 131 Å². The number of allylic oxidation sites excluding steroid dienone is 20. The Labute approximate surface area is 632 Å². The molecule has 0 saturated carbocycles. The Kier molecular flexibility index (Phi) is 73.3. The molecule has 0 radical (unpaired) electrons. The van der Waals surface area contributed by atoms with Crippen molar-refractivity contribution in [2.45, 2.75) is 354 Å². The molecule has 104 heavy (non-hydrogen) atoms. The summed E-state index contributed by atoms with van der Waals surface area (Å²) in [7, 11) is -9.99. The fourth-order valence-corrected chi connectivity index (χ4v) is 12.3. The fourth-order valence-electron chi connectivity index (χ4n) is 10.7. The molecule has 0 rings (SSSR count). The van der Waals surface area contributed by atoms with Gasteiger partial charge in [0.15, 0.2) is 12.2 Å². The first-order valence-electron chi connectivity index (χ1n) is 40.8. The van der Waals surface area contributed by atoms with Crippen molar-refractivity contribution in [2.24, 2.45) is 0 Å². The van der Waals surface area contributed by atoms with E-state index in [1.807, 2.05) is 18.2 Å². The Hall–Kier alpha value is -4.54. The summed E-state index contributed by atoms with van der Waals surface area (Å²) in [5, 5.41) is 10.6. The average molecular weight is 1500 g/mol. The molecular formula is C85H146O17P2. The number of hydrogen-bond donors (Lipinski definition) is 3. The van der Waals surface area contributed by atoms with E-state index in [0.717, 1.165) is 167 Å². The molecule has 0 bridgehead atoms. The highest BCUT2D eigenvalue weighted by atomic mass is 31.2. The summed E-state index contributed by atoms with van der Waals surface area (Å²) < 4.78 is 68.6. The number of hydrogen-bond acceptors (Lipinski definition) is 15. The molecule has 19 heteroatoms. The zero-order valence-corrected chi connectivity index (χ0v) is 67.2. The van der Waals surface area contributed by atoms with Crippen LogP contribution in [0.25, 0.3) is 0 Å². The van der Waals surface area contributed by atoms with Crippen LogP contribution < -0.4 is 0 Å². The van der Waals surface area contributed by atoms with E-state index in [4.69, 9.17) is 37.0 Å². The first-order valence-corrected chi connectivity index (χ1v) is 43.8. The summed E-state index contributed by atoms with van der Waals surface area (Å²) in [5.74, 6) is -2.29. The highest BCUT2D eigenvalue weighted by Crippen LogP contribution is 2.45. The van der Waals surface area contributed by atoms with Gasteiger partial charge in [0.2, 0.25) is 0 Å². The fraction of sp³-hybridized carbons (Fsp3) is 0.718. The lowest BCUT2D eigenvalue weighted by Gasteiger charge is -2.21. The summed E-state index contributed by atoms with van der Waals surface area (Å²) in [5.41, 5.74) is 0. The minimum atomic E-state index is -5.00. The number of phosphoric acid groups is 2. The van der Waals surface area contributed by atoms with Gasteiger partial charge < -0.3 is 33.8 Å². The van der Waals surface area contributed by atoms with Gasteiger partial charge in [0.05, 0.1) is 26.4 Å². The monoisotopic (exact) mass is 1500 g/mol. The van der Waals surface area contributed by atoms with Gasteiger partial charge in [-0.15, -0.1) is 0 Å². The molecule has 598 valence electrons. The van der Waals surface area contributed by atoms with Crippen LogP contribution >= 0.6 is 15.6 Å². The van der Waals surface area contributed by atoms with Gasteiger partial charge >= 0.3 is 39.5 Å². The molecule has 0 aromatic heterocycles. The molecule has 0 saturated heterocycles. The molecule has 5 unspecified atom stereocenters. The molecule has 0 aromatic rings. The van der Waals surface area contributed by atoms with Gasteiger partial charge in [-0.2, -0.15) is 0 Å². The third-order valence-corrected chi connectivity index (χ3v) is 18.8. The van der Waals surface area contributed by atoms with E-state index in [1.165, 1.54) is 83.5 Å². The molecule has 0 amide bonds. The predicted molar refractivity (Wildman–Crippen MR) is 427 cm³/mol. The minimum Gasteiger partial charge on any atom is -0.462 e. The second-order valence-corrected chi connectivity index (χ2v) is 29.9. The van der Waals surface area contributed by atoms with Crippen molar-refractivity contribution < 1.29 is 80.2 Å². The minimum absolute atomic E-state index is 0.0311. The molecule has 3 N–H and O–H groups in total. The second-order valence-electron chi connectivity index (χ2n) is 27.0. The van der Waals surface area contributed by atoms with Crippen molar-refractivity contribution in [3.63, 3.8) is 0 Å². The third-order valence-electron chi connectivity index (χ3n) is 16.9. The molecule has 0 fully saturated rings. The van der Waals surface area contributed by atoms with Gasteiger partial charge in [0.1, 0.15) is 19.3 Å². The Morgan fingerprint density at radius 1 is 0.279 bits per heavy atom. The molecule has 0 aliphatic rings. The van der Waals surface area contributed by atoms with Gasteiger partial charge in [-0.3, -0.25) is 37.3 Å². The topological polar surface area (TPSA) is 237 Å². The Morgan fingerprint density at radius 3 is 0.865 bits per heavy atom. The summed E-state index contributed by atoms with van der Waals surface area (Å²) in [6, 6.07) is 0. The van der Waals surface area contributed by atoms with Gasteiger partial charge in [-0.25, -0.2) is 9.13 Å². The van der Waals surface area contributed by atoms with Crippen molar-refractivity contribution in [2.75, 3.05) is 39.6 Å². The van der Waals surface area contributed by atoms with Crippen molar-refractivity contribution in [1.29, 1.82) is 0 Å². The number of phosphoric ester groups is 2.